The van der Waals surface area contributed by atoms with E-state index in [1.54, 1.807) is 0 Å². The second-order valence-corrected chi connectivity index (χ2v) is 4.91. The number of phenols is 1. The molecule has 1 fully saturated rings. The molecule has 5 heteroatoms. The van der Waals surface area contributed by atoms with E-state index in [2.05, 4.69) is 5.32 Å². The van der Waals surface area contributed by atoms with E-state index in [1.165, 1.54) is 18.2 Å². The van der Waals surface area contributed by atoms with Crippen molar-refractivity contribution in [2.24, 2.45) is 0 Å². The second-order valence-electron chi connectivity index (χ2n) is 4.48. The van der Waals surface area contributed by atoms with Crippen molar-refractivity contribution < 1.29 is 14.6 Å². The van der Waals surface area contributed by atoms with E-state index in [-0.39, 0.29) is 29.4 Å². The number of benzene rings is 1. The zero-order valence-electron chi connectivity index (χ0n) is 10.1. The number of halogens is 1. The van der Waals surface area contributed by atoms with Crippen molar-refractivity contribution in [1.82, 2.24) is 5.32 Å². The van der Waals surface area contributed by atoms with Crippen LogP contribution in [-0.4, -0.2) is 29.8 Å². The van der Waals surface area contributed by atoms with Crippen LogP contribution in [-0.2, 0) is 4.74 Å². The first-order valence-electron chi connectivity index (χ1n) is 5.99. The zero-order valence-corrected chi connectivity index (χ0v) is 10.9. The Hall–Kier alpha value is -1.26. The number of carbonyl (C=O) groups is 1. The molecule has 98 valence electrons. The minimum absolute atomic E-state index is 0.0512. The van der Waals surface area contributed by atoms with Gasteiger partial charge in [-0.25, -0.2) is 0 Å². The topological polar surface area (TPSA) is 58.6 Å². The van der Waals surface area contributed by atoms with Gasteiger partial charge in [0.25, 0.3) is 5.91 Å². The van der Waals surface area contributed by atoms with E-state index in [4.69, 9.17) is 16.3 Å². The van der Waals surface area contributed by atoms with Crippen molar-refractivity contribution in [3.63, 3.8) is 0 Å². The molecule has 0 radical (unpaired) electrons. The number of phenolic OH excluding ortho intramolecular Hbond substituents is 1. The molecule has 2 atom stereocenters. The van der Waals surface area contributed by atoms with E-state index in [9.17, 15) is 9.90 Å². The van der Waals surface area contributed by atoms with Gasteiger partial charge in [0.1, 0.15) is 5.75 Å². The van der Waals surface area contributed by atoms with Gasteiger partial charge in [-0.15, -0.1) is 0 Å². The summed E-state index contributed by atoms with van der Waals surface area (Å²) in [6.07, 6.45) is 2.02. The van der Waals surface area contributed by atoms with E-state index >= 15 is 0 Å². The first-order chi connectivity index (χ1) is 8.58. The Kier molecular flexibility index (Phi) is 4.09. The van der Waals surface area contributed by atoms with E-state index < -0.39 is 0 Å². The third kappa shape index (κ3) is 2.94. The van der Waals surface area contributed by atoms with Crippen LogP contribution in [0.4, 0.5) is 0 Å². The lowest BCUT2D eigenvalue weighted by molar-refractivity contribution is 0.0711. The van der Waals surface area contributed by atoms with Gasteiger partial charge < -0.3 is 15.2 Å². The largest absolute Gasteiger partial charge is 0.507 e. The minimum Gasteiger partial charge on any atom is -0.507 e. The lowest BCUT2D eigenvalue weighted by Gasteiger charge is -2.20. The van der Waals surface area contributed by atoms with Gasteiger partial charge in [-0.3, -0.25) is 4.79 Å². The number of hydrogen-bond acceptors (Lipinski definition) is 3. The molecule has 0 saturated carbocycles. The summed E-state index contributed by atoms with van der Waals surface area (Å²) in [5, 5.41) is 12.9. The molecular formula is C13H16ClNO3. The Labute approximate surface area is 111 Å². The third-order valence-corrected chi connectivity index (χ3v) is 3.32. The number of hydrogen-bond donors (Lipinski definition) is 2. The molecule has 1 heterocycles. The van der Waals surface area contributed by atoms with Crippen LogP contribution >= 0.6 is 11.6 Å². The summed E-state index contributed by atoms with van der Waals surface area (Å²) in [6, 6.07) is 4.32. The Morgan fingerprint density at radius 1 is 1.61 bits per heavy atom. The van der Waals surface area contributed by atoms with E-state index in [0.29, 0.717) is 5.02 Å². The first kappa shape index (κ1) is 13.2. The molecule has 2 rings (SSSR count). The van der Waals surface area contributed by atoms with Gasteiger partial charge in [-0.2, -0.15) is 0 Å². The molecule has 0 aromatic heterocycles. The highest BCUT2D eigenvalue weighted by molar-refractivity contribution is 6.31. The maximum absolute atomic E-state index is 12.0. The molecule has 18 heavy (non-hydrogen) atoms. The monoisotopic (exact) mass is 269 g/mol. The Balaban J connectivity index is 2.04. The first-order valence-corrected chi connectivity index (χ1v) is 6.36. The summed E-state index contributed by atoms with van der Waals surface area (Å²) in [4.78, 5) is 12.0. The van der Waals surface area contributed by atoms with Crippen molar-refractivity contribution in [2.75, 3.05) is 6.61 Å². The van der Waals surface area contributed by atoms with Gasteiger partial charge in [0.2, 0.25) is 0 Å². The fraction of sp³-hybridized carbons (Fsp3) is 0.462. The SMILES string of the molecule is CC(NC(=O)c1cc(Cl)ccc1O)C1CCCO1. The highest BCUT2D eigenvalue weighted by atomic mass is 35.5. The molecule has 1 aromatic carbocycles. The molecule has 1 aromatic rings. The molecular weight excluding hydrogens is 254 g/mol. The van der Waals surface area contributed by atoms with E-state index in [1.807, 2.05) is 6.92 Å². The molecule has 1 aliphatic rings. The highest BCUT2D eigenvalue weighted by Gasteiger charge is 2.24. The molecule has 1 aliphatic heterocycles. The average Bonchev–Trinajstić information content (AvgIpc) is 2.85. The Morgan fingerprint density at radius 3 is 3.06 bits per heavy atom. The predicted octanol–water partition coefficient (Wildman–Crippen LogP) is 2.34. The van der Waals surface area contributed by atoms with Crippen LogP contribution in [0.15, 0.2) is 18.2 Å². The summed E-state index contributed by atoms with van der Waals surface area (Å²) in [7, 11) is 0. The standard InChI is InChI=1S/C13H16ClNO3/c1-8(12-3-2-6-18-12)15-13(17)10-7-9(14)4-5-11(10)16/h4-5,7-8,12,16H,2-3,6H2,1H3,(H,15,17). The van der Waals surface area contributed by atoms with Crippen LogP contribution < -0.4 is 5.32 Å². The normalized spacial score (nSPS) is 20.7. The maximum Gasteiger partial charge on any atom is 0.255 e. The molecule has 0 aliphatic carbocycles. The summed E-state index contributed by atoms with van der Waals surface area (Å²) >= 11 is 5.81. The fourth-order valence-electron chi connectivity index (χ4n) is 2.06. The molecule has 2 unspecified atom stereocenters. The fourth-order valence-corrected chi connectivity index (χ4v) is 2.24. The number of rotatable bonds is 3. The van der Waals surface area contributed by atoms with Crippen LogP contribution in [0.25, 0.3) is 0 Å². The van der Waals surface area contributed by atoms with Crippen LogP contribution in [0.3, 0.4) is 0 Å². The molecule has 0 spiro atoms. The third-order valence-electron chi connectivity index (χ3n) is 3.08. The average molecular weight is 270 g/mol. The van der Waals surface area contributed by atoms with Crippen LogP contribution in [0.5, 0.6) is 5.75 Å². The molecule has 1 saturated heterocycles. The predicted molar refractivity (Wildman–Crippen MR) is 69.0 cm³/mol. The van der Waals surface area contributed by atoms with Gasteiger partial charge in [-0.1, -0.05) is 11.6 Å². The smallest absolute Gasteiger partial charge is 0.255 e. The van der Waals surface area contributed by atoms with Crippen molar-refractivity contribution in [2.45, 2.75) is 31.9 Å². The number of ether oxygens (including phenoxy) is 1. The maximum atomic E-state index is 12.0. The van der Waals surface area contributed by atoms with Gasteiger partial charge in [0.05, 0.1) is 17.7 Å². The van der Waals surface area contributed by atoms with Gasteiger partial charge in [0, 0.05) is 11.6 Å². The molecule has 2 N–H and O–H groups in total. The van der Waals surface area contributed by atoms with Crippen molar-refractivity contribution in [1.29, 1.82) is 0 Å². The number of carbonyl (C=O) groups excluding carboxylic acids is 1. The van der Waals surface area contributed by atoms with Crippen LogP contribution in [0.2, 0.25) is 5.02 Å². The minimum atomic E-state index is -0.335. The van der Waals surface area contributed by atoms with Gasteiger partial charge in [0.15, 0.2) is 0 Å². The van der Waals surface area contributed by atoms with Gasteiger partial charge in [-0.05, 0) is 38.0 Å². The summed E-state index contributed by atoms with van der Waals surface area (Å²) < 4.78 is 5.50. The number of aromatic hydroxyl groups is 1. The van der Waals surface area contributed by atoms with Crippen molar-refractivity contribution in [3.05, 3.63) is 28.8 Å². The van der Waals surface area contributed by atoms with Gasteiger partial charge >= 0.3 is 0 Å². The van der Waals surface area contributed by atoms with Crippen molar-refractivity contribution >= 4 is 17.5 Å². The Bertz CT molecular complexity index is 444. The summed E-state index contributed by atoms with van der Waals surface area (Å²) in [5.41, 5.74) is 0.187. The molecule has 1 amide bonds. The summed E-state index contributed by atoms with van der Waals surface area (Å²) in [6.45, 7) is 2.64. The van der Waals surface area contributed by atoms with Crippen molar-refractivity contribution in [3.8, 4) is 5.75 Å². The zero-order chi connectivity index (χ0) is 13.1. The van der Waals surface area contributed by atoms with E-state index in [0.717, 1.165) is 19.4 Å². The number of amides is 1. The quantitative estimate of drug-likeness (QED) is 0.886. The highest BCUT2D eigenvalue weighted by Crippen LogP contribution is 2.22. The van der Waals surface area contributed by atoms with Crippen LogP contribution in [0, 0.1) is 0 Å². The number of nitrogens with one attached hydrogen (secondary N) is 1. The van der Waals surface area contributed by atoms with Crippen LogP contribution in [0.1, 0.15) is 30.1 Å². The molecule has 0 bridgehead atoms. The lowest BCUT2D eigenvalue weighted by atomic mass is 10.1. The lowest BCUT2D eigenvalue weighted by Crippen LogP contribution is -2.40. The summed E-state index contributed by atoms with van der Waals surface area (Å²) in [5.74, 6) is -0.408. The second kappa shape index (κ2) is 5.59. The Morgan fingerprint density at radius 2 is 2.39 bits per heavy atom. The molecule has 4 nitrogen and oxygen atoms in total.